The number of carbonyl (C=O) groups is 1. The van der Waals surface area contributed by atoms with Gasteiger partial charge in [0.1, 0.15) is 0 Å². The van der Waals surface area contributed by atoms with Crippen molar-refractivity contribution in [3.63, 3.8) is 0 Å². The lowest BCUT2D eigenvalue weighted by Gasteiger charge is -2.04. The van der Waals surface area contributed by atoms with Gasteiger partial charge in [0, 0.05) is 42.2 Å². The van der Waals surface area contributed by atoms with Crippen LogP contribution < -0.4 is 11.2 Å². The summed E-state index contributed by atoms with van der Waals surface area (Å²) in [5.74, 6) is 0.394. The van der Waals surface area contributed by atoms with E-state index in [0.29, 0.717) is 18.9 Å². The molecule has 0 saturated heterocycles. The van der Waals surface area contributed by atoms with Crippen LogP contribution in [0.5, 0.6) is 0 Å². The first kappa shape index (κ1) is 17.8. The van der Waals surface area contributed by atoms with Gasteiger partial charge in [0.25, 0.3) is 0 Å². The molecule has 0 saturated carbocycles. The number of carbonyl (C=O) groups excluding carboxylic acids is 1. The SMILES string of the molecule is CCn1c(N/N=C\c2cn(CCC(N)=O)c3ccccc23)nc2ccccc21. The molecule has 28 heavy (non-hydrogen) atoms. The van der Waals surface area contributed by atoms with Crippen LogP contribution in [-0.4, -0.2) is 26.2 Å². The van der Waals surface area contributed by atoms with Crippen molar-refractivity contribution in [2.75, 3.05) is 5.43 Å². The van der Waals surface area contributed by atoms with Crippen LogP contribution in [0.25, 0.3) is 21.9 Å². The lowest BCUT2D eigenvalue weighted by molar-refractivity contribution is -0.118. The molecule has 4 aromatic rings. The van der Waals surface area contributed by atoms with Crippen LogP contribution in [-0.2, 0) is 17.9 Å². The van der Waals surface area contributed by atoms with E-state index in [0.717, 1.165) is 34.0 Å². The Balaban J connectivity index is 1.62. The van der Waals surface area contributed by atoms with Crippen molar-refractivity contribution in [3.8, 4) is 0 Å². The summed E-state index contributed by atoms with van der Waals surface area (Å²) >= 11 is 0. The van der Waals surface area contributed by atoms with Crippen molar-refractivity contribution in [1.29, 1.82) is 0 Å². The van der Waals surface area contributed by atoms with E-state index in [-0.39, 0.29) is 5.91 Å². The first-order valence-electron chi connectivity index (χ1n) is 9.28. The predicted molar refractivity (Wildman–Crippen MR) is 112 cm³/mol. The molecule has 142 valence electrons. The van der Waals surface area contributed by atoms with Gasteiger partial charge in [-0.1, -0.05) is 30.3 Å². The number of imidazole rings is 1. The van der Waals surface area contributed by atoms with E-state index in [1.165, 1.54) is 0 Å². The fourth-order valence-electron chi connectivity index (χ4n) is 3.43. The number of anilines is 1. The maximum atomic E-state index is 11.1. The molecule has 0 unspecified atom stereocenters. The second-order valence-corrected chi connectivity index (χ2v) is 6.55. The van der Waals surface area contributed by atoms with Gasteiger partial charge < -0.3 is 14.9 Å². The van der Waals surface area contributed by atoms with E-state index in [2.05, 4.69) is 27.0 Å². The van der Waals surface area contributed by atoms with Crippen LogP contribution in [0.15, 0.2) is 59.8 Å². The van der Waals surface area contributed by atoms with Crippen LogP contribution in [0, 0.1) is 0 Å². The highest BCUT2D eigenvalue weighted by Crippen LogP contribution is 2.21. The first-order chi connectivity index (χ1) is 13.7. The number of nitrogens with zero attached hydrogens (tertiary/aromatic N) is 4. The molecule has 3 N–H and O–H groups in total. The lowest BCUT2D eigenvalue weighted by Crippen LogP contribution is -2.13. The number of nitrogens with two attached hydrogens (primary N) is 1. The summed E-state index contributed by atoms with van der Waals surface area (Å²) in [5, 5.41) is 5.48. The molecule has 0 spiro atoms. The number of fused-ring (bicyclic) bond motifs is 2. The van der Waals surface area contributed by atoms with Gasteiger partial charge in [-0.3, -0.25) is 4.79 Å². The summed E-state index contributed by atoms with van der Waals surface area (Å²) in [6.45, 7) is 3.42. The number of amides is 1. The molecule has 0 aliphatic rings. The zero-order valence-electron chi connectivity index (χ0n) is 15.7. The summed E-state index contributed by atoms with van der Waals surface area (Å²) in [5.41, 5.74) is 12.4. The minimum absolute atomic E-state index is 0.300. The number of benzene rings is 2. The number of nitrogens with one attached hydrogen (secondary N) is 1. The second-order valence-electron chi connectivity index (χ2n) is 6.55. The second kappa shape index (κ2) is 7.56. The smallest absolute Gasteiger partial charge is 0.224 e. The van der Waals surface area contributed by atoms with Crippen LogP contribution in [0.2, 0.25) is 0 Å². The molecule has 0 fully saturated rings. The molecule has 0 radical (unpaired) electrons. The summed E-state index contributed by atoms with van der Waals surface area (Å²) in [6.07, 6.45) is 4.07. The van der Waals surface area contributed by atoms with Gasteiger partial charge in [0.2, 0.25) is 11.9 Å². The van der Waals surface area contributed by atoms with Gasteiger partial charge in [-0.2, -0.15) is 5.10 Å². The Morgan fingerprint density at radius 2 is 1.93 bits per heavy atom. The average Bonchev–Trinajstić information content (AvgIpc) is 3.24. The van der Waals surface area contributed by atoms with E-state index in [4.69, 9.17) is 5.73 Å². The average molecular weight is 374 g/mol. The molecular weight excluding hydrogens is 352 g/mol. The summed E-state index contributed by atoms with van der Waals surface area (Å²) in [4.78, 5) is 15.8. The van der Waals surface area contributed by atoms with Gasteiger partial charge in [-0.15, -0.1) is 0 Å². The Morgan fingerprint density at radius 3 is 2.71 bits per heavy atom. The molecule has 0 bridgehead atoms. The minimum atomic E-state index is -0.312. The van der Waals surface area contributed by atoms with Gasteiger partial charge in [0.05, 0.1) is 17.2 Å². The Labute approximate surface area is 162 Å². The van der Waals surface area contributed by atoms with Crippen molar-refractivity contribution in [3.05, 3.63) is 60.3 Å². The summed E-state index contributed by atoms with van der Waals surface area (Å²) in [6, 6.07) is 16.0. The monoisotopic (exact) mass is 374 g/mol. The van der Waals surface area contributed by atoms with E-state index >= 15 is 0 Å². The molecule has 7 nitrogen and oxygen atoms in total. The number of aromatic nitrogens is 3. The van der Waals surface area contributed by atoms with Crippen LogP contribution in [0.1, 0.15) is 18.9 Å². The van der Waals surface area contributed by atoms with Crippen LogP contribution >= 0.6 is 0 Å². The quantitative estimate of drug-likeness (QED) is 0.384. The predicted octanol–water partition coefficient (Wildman–Crippen LogP) is 3.33. The molecule has 2 aromatic heterocycles. The fraction of sp³-hybridized carbons (Fsp3) is 0.190. The fourth-order valence-corrected chi connectivity index (χ4v) is 3.43. The number of aryl methyl sites for hydroxylation is 2. The Bertz CT molecular complexity index is 1170. The largest absolute Gasteiger partial charge is 0.370 e. The van der Waals surface area contributed by atoms with E-state index in [9.17, 15) is 4.79 Å². The van der Waals surface area contributed by atoms with Crippen LogP contribution in [0.3, 0.4) is 0 Å². The van der Waals surface area contributed by atoms with E-state index in [1.807, 2.05) is 59.3 Å². The standard InChI is InChI=1S/C21H22N6O/c1-2-27-19-10-6-4-8-17(19)24-21(27)25-23-13-15-14-26(12-11-20(22)28)18-9-5-3-7-16(15)18/h3-10,13-14H,2,11-12H2,1H3,(H2,22,28)(H,24,25)/b23-13-. The van der Waals surface area contributed by atoms with Crippen molar-refractivity contribution >= 4 is 40.0 Å². The molecule has 4 rings (SSSR count). The number of rotatable bonds is 7. The molecule has 2 aromatic carbocycles. The third-order valence-electron chi connectivity index (χ3n) is 4.76. The first-order valence-corrected chi connectivity index (χ1v) is 9.28. The normalized spacial score (nSPS) is 11.6. The third kappa shape index (κ3) is 3.34. The summed E-state index contributed by atoms with van der Waals surface area (Å²) < 4.78 is 4.12. The van der Waals surface area contributed by atoms with Crippen LogP contribution in [0.4, 0.5) is 5.95 Å². The minimum Gasteiger partial charge on any atom is -0.370 e. The Kier molecular flexibility index (Phi) is 4.80. The Hall–Kier alpha value is -3.61. The van der Waals surface area contributed by atoms with E-state index in [1.54, 1.807) is 6.21 Å². The van der Waals surface area contributed by atoms with Crippen molar-refractivity contribution in [2.24, 2.45) is 10.8 Å². The lowest BCUT2D eigenvalue weighted by atomic mass is 10.2. The number of hydrogen-bond acceptors (Lipinski definition) is 4. The molecular formula is C21H22N6O. The van der Waals surface area contributed by atoms with Gasteiger partial charge >= 0.3 is 0 Å². The van der Waals surface area contributed by atoms with Crippen molar-refractivity contribution < 1.29 is 4.79 Å². The molecule has 1 amide bonds. The Morgan fingerprint density at radius 1 is 1.18 bits per heavy atom. The molecule has 0 aliphatic carbocycles. The van der Waals surface area contributed by atoms with Crippen molar-refractivity contribution in [2.45, 2.75) is 26.4 Å². The number of primary amides is 1. The number of hydrazone groups is 1. The molecule has 7 heteroatoms. The highest BCUT2D eigenvalue weighted by atomic mass is 16.1. The number of hydrogen-bond donors (Lipinski definition) is 2. The molecule has 2 heterocycles. The highest BCUT2D eigenvalue weighted by Gasteiger charge is 2.09. The maximum absolute atomic E-state index is 11.1. The highest BCUT2D eigenvalue weighted by molar-refractivity contribution is 5.99. The van der Waals surface area contributed by atoms with Gasteiger partial charge in [-0.25, -0.2) is 10.4 Å². The van der Waals surface area contributed by atoms with Gasteiger partial charge in [0.15, 0.2) is 0 Å². The van der Waals surface area contributed by atoms with E-state index < -0.39 is 0 Å². The van der Waals surface area contributed by atoms with Crippen molar-refractivity contribution in [1.82, 2.24) is 14.1 Å². The topological polar surface area (TPSA) is 90.2 Å². The third-order valence-corrected chi connectivity index (χ3v) is 4.76. The number of para-hydroxylation sites is 3. The molecule has 0 atom stereocenters. The maximum Gasteiger partial charge on any atom is 0.224 e. The zero-order chi connectivity index (χ0) is 19.5. The van der Waals surface area contributed by atoms with Gasteiger partial charge in [-0.05, 0) is 25.1 Å². The molecule has 0 aliphatic heterocycles. The summed E-state index contributed by atoms with van der Waals surface area (Å²) in [7, 11) is 0. The zero-order valence-corrected chi connectivity index (χ0v) is 15.7.